The van der Waals surface area contributed by atoms with E-state index in [1.165, 1.54) is 6.42 Å². The molecule has 0 spiro atoms. The Bertz CT molecular complexity index is 355. The number of aryl methyl sites for hydroxylation is 2. The van der Waals surface area contributed by atoms with Gasteiger partial charge in [-0.05, 0) is 18.8 Å². The molecule has 0 amide bonds. The van der Waals surface area contributed by atoms with Crippen LogP contribution < -0.4 is 10.6 Å². The van der Waals surface area contributed by atoms with Crippen LogP contribution in [0.2, 0.25) is 0 Å². The number of aromatic nitrogens is 2. The summed E-state index contributed by atoms with van der Waals surface area (Å²) in [6.07, 6.45) is 3.21. The number of anilines is 2. The van der Waals surface area contributed by atoms with Gasteiger partial charge in [0.05, 0.1) is 11.4 Å². The molecule has 0 atom stereocenters. The molecule has 0 bridgehead atoms. The van der Waals surface area contributed by atoms with Crippen molar-refractivity contribution in [1.29, 1.82) is 0 Å². The second-order valence-corrected chi connectivity index (χ2v) is 5.16. The number of hydrogen-bond donors (Lipinski definition) is 1. The molecule has 0 unspecified atom stereocenters. The van der Waals surface area contributed by atoms with Gasteiger partial charge in [0.1, 0.15) is 5.82 Å². The van der Waals surface area contributed by atoms with Crippen molar-refractivity contribution in [2.24, 2.45) is 13.0 Å². The molecule has 0 aliphatic carbocycles. The van der Waals surface area contributed by atoms with Gasteiger partial charge >= 0.3 is 0 Å². The van der Waals surface area contributed by atoms with Crippen LogP contribution in [0.3, 0.4) is 0 Å². The zero-order valence-corrected chi connectivity index (χ0v) is 11.8. The van der Waals surface area contributed by atoms with Crippen LogP contribution >= 0.6 is 0 Å². The van der Waals surface area contributed by atoms with Crippen LogP contribution in [0.4, 0.5) is 11.5 Å². The molecule has 1 heterocycles. The first-order chi connectivity index (χ1) is 7.97. The molecule has 0 aromatic carbocycles. The topological polar surface area (TPSA) is 47.1 Å². The first kappa shape index (κ1) is 13.9. The minimum Gasteiger partial charge on any atom is -0.394 e. The van der Waals surface area contributed by atoms with Crippen molar-refractivity contribution in [3.8, 4) is 0 Å². The lowest BCUT2D eigenvalue weighted by atomic mass is 10.1. The Labute approximate surface area is 105 Å². The highest BCUT2D eigenvalue weighted by molar-refractivity contribution is 5.66. The van der Waals surface area contributed by atoms with Gasteiger partial charge in [-0.1, -0.05) is 27.2 Å². The number of rotatable bonds is 6. The second-order valence-electron chi connectivity index (χ2n) is 5.16. The highest BCUT2D eigenvalue weighted by atomic mass is 15.4. The summed E-state index contributed by atoms with van der Waals surface area (Å²) in [5, 5.41) is 4.50. The standard InChI is InChI=1S/C13H26N4/c1-6-7-11-12(14)13(17(5)15-11)16(4)9-8-10(2)3/h10H,6-9,14H2,1-5H3. The second kappa shape index (κ2) is 5.94. The Kier molecular flexibility index (Phi) is 4.85. The lowest BCUT2D eigenvalue weighted by molar-refractivity contribution is 0.578. The molecule has 0 aliphatic heterocycles. The third kappa shape index (κ3) is 3.38. The maximum absolute atomic E-state index is 6.17. The number of nitrogens with zero attached hydrogens (tertiary/aromatic N) is 3. The summed E-state index contributed by atoms with van der Waals surface area (Å²) in [6.45, 7) is 7.65. The van der Waals surface area contributed by atoms with Gasteiger partial charge < -0.3 is 10.6 Å². The van der Waals surface area contributed by atoms with Gasteiger partial charge in [0, 0.05) is 20.6 Å². The van der Waals surface area contributed by atoms with Crippen molar-refractivity contribution in [2.75, 3.05) is 24.2 Å². The van der Waals surface area contributed by atoms with E-state index >= 15 is 0 Å². The van der Waals surface area contributed by atoms with E-state index in [4.69, 9.17) is 5.73 Å². The number of nitrogens with two attached hydrogens (primary N) is 1. The van der Waals surface area contributed by atoms with Crippen LogP contribution in [0.15, 0.2) is 0 Å². The van der Waals surface area contributed by atoms with Crippen LogP contribution in [0, 0.1) is 5.92 Å². The number of nitrogen functional groups attached to an aromatic ring is 1. The first-order valence-electron chi connectivity index (χ1n) is 6.49. The SMILES string of the molecule is CCCc1nn(C)c(N(C)CCC(C)C)c1N. The summed E-state index contributed by atoms with van der Waals surface area (Å²) in [5.74, 6) is 1.76. The lowest BCUT2D eigenvalue weighted by Gasteiger charge is -2.20. The highest BCUT2D eigenvalue weighted by Gasteiger charge is 2.16. The van der Waals surface area contributed by atoms with Crippen molar-refractivity contribution in [3.05, 3.63) is 5.69 Å². The third-order valence-corrected chi connectivity index (χ3v) is 3.02. The van der Waals surface area contributed by atoms with Gasteiger partial charge in [-0.2, -0.15) is 5.10 Å². The number of hydrogen-bond acceptors (Lipinski definition) is 3. The lowest BCUT2D eigenvalue weighted by Crippen LogP contribution is -2.23. The van der Waals surface area contributed by atoms with Crippen molar-refractivity contribution < 1.29 is 0 Å². The van der Waals surface area contributed by atoms with E-state index in [-0.39, 0.29) is 0 Å². The zero-order chi connectivity index (χ0) is 13.0. The minimum atomic E-state index is 0.710. The van der Waals surface area contributed by atoms with Crippen molar-refractivity contribution in [2.45, 2.75) is 40.0 Å². The molecule has 4 nitrogen and oxygen atoms in total. The summed E-state index contributed by atoms with van der Waals surface area (Å²) in [6, 6.07) is 0. The molecule has 0 saturated heterocycles. The van der Waals surface area contributed by atoms with Gasteiger partial charge in [-0.3, -0.25) is 4.68 Å². The van der Waals surface area contributed by atoms with Crippen molar-refractivity contribution >= 4 is 11.5 Å². The van der Waals surface area contributed by atoms with Crippen LogP contribution in [0.25, 0.3) is 0 Å². The first-order valence-corrected chi connectivity index (χ1v) is 6.49. The third-order valence-electron chi connectivity index (χ3n) is 3.02. The van der Waals surface area contributed by atoms with Gasteiger partial charge in [0.15, 0.2) is 0 Å². The summed E-state index contributed by atoms with van der Waals surface area (Å²) in [7, 11) is 4.06. The average Bonchev–Trinajstić information content (AvgIpc) is 2.52. The van der Waals surface area contributed by atoms with Crippen molar-refractivity contribution in [1.82, 2.24) is 9.78 Å². The van der Waals surface area contributed by atoms with Gasteiger partial charge in [-0.15, -0.1) is 0 Å². The normalized spacial score (nSPS) is 11.2. The van der Waals surface area contributed by atoms with Crippen LogP contribution in [-0.2, 0) is 13.5 Å². The Morgan fingerprint density at radius 2 is 2.06 bits per heavy atom. The Morgan fingerprint density at radius 3 is 2.59 bits per heavy atom. The maximum Gasteiger partial charge on any atom is 0.150 e. The predicted octanol–water partition coefficient (Wildman–Crippen LogP) is 2.44. The van der Waals surface area contributed by atoms with E-state index < -0.39 is 0 Å². The van der Waals surface area contributed by atoms with Gasteiger partial charge in [0.2, 0.25) is 0 Å². The monoisotopic (exact) mass is 238 g/mol. The summed E-state index contributed by atoms with van der Waals surface area (Å²) in [5.41, 5.74) is 8.05. The fraction of sp³-hybridized carbons (Fsp3) is 0.769. The molecule has 1 aromatic rings. The molecular weight excluding hydrogens is 212 g/mol. The van der Waals surface area contributed by atoms with E-state index in [0.29, 0.717) is 5.92 Å². The fourth-order valence-electron chi connectivity index (χ4n) is 2.02. The maximum atomic E-state index is 6.17. The van der Waals surface area contributed by atoms with Gasteiger partial charge in [-0.25, -0.2) is 0 Å². The summed E-state index contributed by atoms with van der Waals surface area (Å²) < 4.78 is 1.90. The van der Waals surface area contributed by atoms with Gasteiger partial charge in [0.25, 0.3) is 0 Å². The zero-order valence-electron chi connectivity index (χ0n) is 11.8. The van der Waals surface area contributed by atoms with E-state index in [2.05, 4.69) is 37.8 Å². The van der Waals surface area contributed by atoms with Crippen LogP contribution in [0.5, 0.6) is 0 Å². The van der Waals surface area contributed by atoms with E-state index in [1.54, 1.807) is 0 Å². The molecular formula is C13H26N4. The summed E-state index contributed by atoms with van der Waals surface area (Å²) in [4.78, 5) is 2.21. The molecule has 98 valence electrons. The predicted molar refractivity (Wildman–Crippen MR) is 74.3 cm³/mol. The summed E-state index contributed by atoms with van der Waals surface area (Å²) >= 11 is 0. The molecule has 2 N–H and O–H groups in total. The smallest absolute Gasteiger partial charge is 0.150 e. The minimum absolute atomic E-state index is 0.710. The van der Waals surface area contributed by atoms with Crippen LogP contribution in [-0.4, -0.2) is 23.4 Å². The Hall–Kier alpha value is -1.19. The highest BCUT2D eigenvalue weighted by Crippen LogP contribution is 2.26. The van der Waals surface area contributed by atoms with E-state index in [1.807, 2.05) is 11.7 Å². The molecule has 0 saturated carbocycles. The quantitative estimate of drug-likeness (QED) is 0.828. The largest absolute Gasteiger partial charge is 0.394 e. The Balaban J connectivity index is 2.82. The molecule has 0 radical (unpaired) electrons. The molecule has 17 heavy (non-hydrogen) atoms. The fourth-order valence-corrected chi connectivity index (χ4v) is 2.02. The molecule has 0 aliphatic rings. The average molecular weight is 238 g/mol. The van der Waals surface area contributed by atoms with E-state index in [0.717, 1.165) is 36.6 Å². The molecule has 0 fully saturated rings. The Morgan fingerprint density at radius 1 is 1.41 bits per heavy atom. The molecule has 1 aromatic heterocycles. The molecule has 4 heteroatoms. The van der Waals surface area contributed by atoms with Crippen molar-refractivity contribution in [3.63, 3.8) is 0 Å². The molecule has 1 rings (SSSR count). The van der Waals surface area contributed by atoms with Crippen LogP contribution in [0.1, 0.15) is 39.3 Å². The van der Waals surface area contributed by atoms with E-state index in [9.17, 15) is 0 Å².